The van der Waals surface area contributed by atoms with Gasteiger partial charge in [0.1, 0.15) is 0 Å². The zero-order valence-corrected chi connectivity index (χ0v) is 14.1. The van der Waals surface area contributed by atoms with E-state index < -0.39 is 10.0 Å². The number of sulfonamides is 1. The Bertz CT molecular complexity index is 467. The molecule has 0 N–H and O–H groups in total. The Labute approximate surface area is 128 Å². The number of ether oxygens (including phenoxy) is 1. The van der Waals surface area contributed by atoms with Crippen molar-refractivity contribution < 1.29 is 13.2 Å². The van der Waals surface area contributed by atoms with Crippen molar-refractivity contribution in [1.29, 1.82) is 0 Å². The van der Waals surface area contributed by atoms with Crippen molar-refractivity contribution in [3.8, 4) is 0 Å². The van der Waals surface area contributed by atoms with Crippen molar-refractivity contribution in [2.75, 3.05) is 45.1 Å². The van der Waals surface area contributed by atoms with Gasteiger partial charge in [-0.15, -0.1) is 0 Å². The summed E-state index contributed by atoms with van der Waals surface area (Å²) in [6.07, 6.45) is 3.14. The molecule has 3 rings (SSSR count). The van der Waals surface area contributed by atoms with E-state index in [1.807, 2.05) is 0 Å². The van der Waals surface area contributed by atoms with Crippen LogP contribution in [-0.2, 0) is 14.8 Å². The molecule has 3 aliphatic rings. The van der Waals surface area contributed by atoms with Gasteiger partial charge in [0.05, 0.1) is 19.0 Å². The molecule has 6 heteroatoms. The van der Waals surface area contributed by atoms with Crippen LogP contribution in [-0.4, -0.2) is 68.8 Å². The average molecular weight is 316 g/mol. The molecule has 0 aromatic heterocycles. The molecule has 2 aliphatic heterocycles. The van der Waals surface area contributed by atoms with Crippen molar-refractivity contribution in [3.05, 3.63) is 0 Å². The second kappa shape index (κ2) is 5.80. The van der Waals surface area contributed by atoms with Gasteiger partial charge >= 0.3 is 0 Å². The zero-order valence-electron chi connectivity index (χ0n) is 13.3. The Morgan fingerprint density at radius 2 is 1.86 bits per heavy atom. The molecule has 1 atom stereocenters. The monoisotopic (exact) mass is 316 g/mol. The lowest BCUT2D eigenvalue weighted by atomic mass is 9.75. The molecule has 1 saturated carbocycles. The molecule has 0 spiro atoms. The van der Waals surface area contributed by atoms with E-state index in [2.05, 4.69) is 18.7 Å². The van der Waals surface area contributed by atoms with Gasteiger partial charge in [-0.3, -0.25) is 4.90 Å². The van der Waals surface area contributed by atoms with Gasteiger partial charge in [0, 0.05) is 25.7 Å². The summed E-state index contributed by atoms with van der Waals surface area (Å²) in [7, 11) is -3.07. The summed E-state index contributed by atoms with van der Waals surface area (Å²) in [6.45, 7) is 9.39. The molecular formula is C15H28N2O3S. The van der Waals surface area contributed by atoms with E-state index in [1.165, 1.54) is 12.8 Å². The molecule has 1 aliphatic carbocycles. The summed E-state index contributed by atoms with van der Waals surface area (Å²) in [6, 6.07) is 0.255. The lowest BCUT2D eigenvalue weighted by Crippen LogP contribution is -2.65. The summed E-state index contributed by atoms with van der Waals surface area (Å²) >= 11 is 0. The van der Waals surface area contributed by atoms with E-state index in [0.717, 1.165) is 39.3 Å². The molecule has 5 nitrogen and oxygen atoms in total. The summed E-state index contributed by atoms with van der Waals surface area (Å²) in [5, 5.41) is 0. The number of nitrogens with zero attached hydrogens (tertiary/aromatic N) is 2. The predicted molar refractivity (Wildman–Crippen MR) is 82.7 cm³/mol. The van der Waals surface area contributed by atoms with Gasteiger partial charge in [0.25, 0.3) is 0 Å². The highest BCUT2D eigenvalue weighted by Crippen LogP contribution is 2.51. The Morgan fingerprint density at radius 1 is 1.19 bits per heavy atom. The standard InChI is InChI=1S/C15H28N2O3S/c1-15(2)12-17(14(15)13-4-5-13)21(18,19)11-3-6-16-7-9-20-10-8-16/h13-14H,3-12H2,1-2H3. The SMILES string of the molecule is CC1(C)CN(S(=O)(=O)CCCN2CCOCC2)C1C1CC1. The van der Waals surface area contributed by atoms with Gasteiger partial charge < -0.3 is 4.74 Å². The van der Waals surface area contributed by atoms with Crippen molar-refractivity contribution in [3.63, 3.8) is 0 Å². The first-order valence-electron chi connectivity index (χ1n) is 8.20. The number of morpholine rings is 1. The minimum absolute atomic E-state index is 0.165. The summed E-state index contributed by atoms with van der Waals surface area (Å²) in [5.74, 6) is 0.909. The van der Waals surface area contributed by atoms with Crippen molar-refractivity contribution in [2.24, 2.45) is 11.3 Å². The largest absolute Gasteiger partial charge is 0.379 e. The molecule has 2 heterocycles. The first-order chi connectivity index (χ1) is 9.90. The first-order valence-corrected chi connectivity index (χ1v) is 9.81. The van der Waals surface area contributed by atoms with Gasteiger partial charge in [0.2, 0.25) is 10.0 Å². The molecule has 122 valence electrons. The van der Waals surface area contributed by atoms with E-state index in [9.17, 15) is 8.42 Å². The van der Waals surface area contributed by atoms with Gasteiger partial charge in [-0.2, -0.15) is 4.31 Å². The van der Waals surface area contributed by atoms with Crippen LogP contribution in [0.1, 0.15) is 33.1 Å². The third-order valence-electron chi connectivity index (χ3n) is 5.08. The highest BCUT2D eigenvalue weighted by molar-refractivity contribution is 7.89. The number of hydrogen-bond acceptors (Lipinski definition) is 4. The van der Waals surface area contributed by atoms with Crippen LogP contribution in [0.2, 0.25) is 0 Å². The number of hydrogen-bond donors (Lipinski definition) is 0. The summed E-state index contributed by atoms with van der Waals surface area (Å²) < 4.78 is 32.2. The molecule has 2 saturated heterocycles. The normalized spacial score (nSPS) is 31.0. The molecule has 0 aromatic carbocycles. The molecule has 0 bridgehead atoms. The fourth-order valence-electron chi connectivity index (χ4n) is 3.84. The Morgan fingerprint density at radius 3 is 2.43 bits per heavy atom. The van der Waals surface area contributed by atoms with Gasteiger partial charge in [0.15, 0.2) is 0 Å². The quantitative estimate of drug-likeness (QED) is 0.738. The summed E-state index contributed by atoms with van der Waals surface area (Å²) in [5.41, 5.74) is 0.165. The Balaban J connectivity index is 1.50. The van der Waals surface area contributed by atoms with Crippen LogP contribution in [0.25, 0.3) is 0 Å². The fourth-order valence-corrected chi connectivity index (χ4v) is 5.90. The molecule has 21 heavy (non-hydrogen) atoms. The van der Waals surface area contributed by atoms with E-state index in [-0.39, 0.29) is 11.5 Å². The van der Waals surface area contributed by atoms with Crippen LogP contribution in [0.5, 0.6) is 0 Å². The average Bonchev–Trinajstić information content (AvgIpc) is 3.22. The number of rotatable bonds is 6. The van der Waals surface area contributed by atoms with Gasteiger partial charge in [-0.25, -0.2) is 8.42 Å². The zero-order chi connectivity index (χ0) is 15.1. The summed E-state index contributed by atoms with van der Waals surface area (Å²) in [4.78, 5) is 2.30. The van der Waals surface area contributed by atoms with Crippen LogP contribution in [0, 0.1) is 11.3 Å². The first kappa shape index (κ1) is 15.7. The minimum Gasteiger partial charge on any atom is -0.379 e. The third-order valence-corrected chi connectivity index (χ3v) is 6.96. The predicted octanol–water partition coefficient (Wildman–Crippen LogP) is 1.16. The van der Waals surface area contributed by atoms with Crippen molar-refractivity contribution in [1.82, 2.24) is 9.21 Å². The maximum absolute atomic E-state index is 12.6. The lowest BCUT2D eigenvalue weighted by molar-refractivity contribution is 0.00593. The maximum atomic E-state index is 12.6. The molecule has 3 fully saturated rings. The highest BCUT2D eigenvalue weighted by atomic mass is 32.2. The Kier molecular flexibility index (Phi) is 4.34. The molecule has 0 radical (unpaired) electrons. The topological polar surface area (TPSA) is 49.9 Å². The van der Waals surface area contributed by atoms with Crippen LogP contribution in [0.15, 0.2) is 0 Å². The minimum atomic E-state index is -3.07. The second-order valence-corrected chi connectivity index (χ2v) is 9.48. The van der Waals surface area contributed by atoms with Crippen LogP contribution in [0.4, 0.5) is 0 Å². The van der Waals surface area contributed by atoms with Gasteiger partial charge in [-0.05, 0) is 37.1 Å². The lowest BCUT2D eigenvalue weighted by Gasteiger charge is -2.53. The smallest absolute Gasteiger partial charge is 0.214 e. The fraction of sp³-hybridized carbons (Fsp3) is 1.00. The molecule has 0 aromatic rings. The van der Waals surface area contributed by atoms with Crippen LogP contribution in [0.3, 0.4) is 0 Å². The van der Waals surface area contributed by atoms with E-state index >= 15 is 0 Å². The van der Waals surface area contributed by atoms with Crippen molar-refractivity contribution in [2.45, 2.75) is 39.2 Å². The molecule has 0 amide bonds. The Hall–Kier alpha value is -0.170. The van der Waals surface area contributed by atoms with E-state index in [1.54, 1.807) is 4.31 Å². The molecule has 1 unspecified atom stereocenters. The van der Waals surface area contributed by atoms with E-state index in [0.29, 0.717) is 18.2 Å². The van der Waals surface area contributed by atoms with Crippen LogP contribution < -0.4 is 0 Å². The van der Waals surface area contributed by atoms with Crippen molar-refractivity contribution >= 4 is 10.0 Å². The third kappa shape index (κ3) is 3.44. The van der Waals surface area contributed by atoms with Gasteiger partial charge in [-0.1, -0.05) is 13.8 Å². The van der Waals surface area contributed by atoms with E-state index in [4.69, 9.17) is 4.74 Å². The molecular weight excluding hydrogens is 288 g/mol. The maximum Gasteiger partial charge on any atom is 0.214 e. The van der Waals surface area contributed by atoms with Crippen LogP contribution >= 0.6 is 0 Å². The highest BCUT2D eigenvalue weighted by Gasteiger charge is 2.56. The second-order valence-electron chi connectivity index (χ2n) is 7.44.